The molecule has 2 heterocycles. The molecular formula is C19H33N11. The van der Waals surface area contributed by atoms with Crippen molar-refractivity contribution in [1.82, 2.24) is 19.6 Å². The van der Waals surface area contributed by atoms with Crippen LogP contribution in [0.4, 0.5) is 22.7 Å². The highest BCUT2D eigenvalue weighted by atomic mass is 15.3. The van der Waals surface area contributed by atoms with Gasteiger partial charge >= 0.3 is 0 Å². The van der Waals surface area contributed by atoms with Crippen molar-refractivity contribution in [2.24, 2.45) is 30.7 Å². The Labute approximate surface area is 178 Å². The largest absolute Gasteiger partial charge is 0.384 e. The first kappa shape index (κ1) is 23.1. The molecule has 0 spiro atoms. The van der Waals surface area contributed by atoms with Gasteiger partial charge < -0.3 is 30.7 Å². The predicted molar refractivity (Wildman–Crippen MR) is 124 cm³/mol. The van der Waals surface area contributed by atoms with Gasteiger partial charge in [-0.05, 0) is 7.05 Å². The molecule has 1 aromatic carbocycles. The maximum absolute atomic E-state index is 4.93. The van der Waals surface area contributed by atoms with Crippen LogP contribution in [0.3, 0.4) is 0 Å². The van der Waals surface area contributed by atoms with Crippen LogP contribution in [-0.4, -0.2) is 108 Å². The molecule has 3 N–H and O–H groups in total. The van der Waals surface area contributed by atoms with E-state index in [1.165, 1.54) is 7.05 Å². The molecule has 3 rings (SSSR count). The molecule has 0 aliphatic carbocycles. The van der Waals surface area contributed by atoms with E-state index in [9.17, 15) is 0 Å². The molecule has 0 radical (unpaired) electrons. The van der Waals surface area contributed by atoms with Crippen molar-refractivity contribution < 1.29 is 0 Å². The number of fused-ring (bicyclic) bond motifs is 2. The number of nitrogens with one attached hydrogen (secondary N) is 1. The number of hydrogen-bond acceptors (Lipinski definition) is 9. The van der Waals surface area contributed by atoms with E-state index >= 15 is 0 Å². The molecule has 11 nitrogen and oxygen atoms in total. The van der Waals surface area contributed by atoms with Crippen molar-refractivity contribution >= 4 is 40.6 Å². The van der Waals surface area contributed by atoms with E-state index in [0.717, 1.165) is 22.7 Å². The molecule has 0 fully saturated rings. The minimum absolute atomic E-state index is 0.625. The zero-order valence-corrected chi connectivity index (χ0v) is 19.6. The van der Waals surface area contributed by atoms with Gasteiger partial charge in [-0.2, -0.15) is 0 Å². The monoisotopic (exact) mass is 415 g/mol. The SMILES string of the molecule is CN.CNc1c2c(c(N=C(N(C)C)N(C)C)c3c1=NC(N(C)C)=N3)=NC(N(C)C)=N2. The lowest BCUT2D eigenvalue weighted by molar-refractivity contribution is 0.484. The summed E-state index contributed by atoms with van der Waals surface area (Å²) in [6.07, 6.45) is 0. The number of nitrogens with two attached hydrogens (primary N) is 1. The molecule has 164 valence electrons. The average Bonchev–Trinajstić information content (AvgIpc) is 3.31. The van der Waals surface area contributed by atoms with Crippen molar-refractivity contribution in [3.05, 3.63) is 10.7 Å². The van der Waals surface area contributed by atoms with Gasteiger partial charge in [-0.3, -0.25) is 0 Å². The average molecular weight is 416 g/mol. The first-order chi connectivity index (χ1) is 14.1. The second kappa shape index (κ2) is 9.08. The molecular weight excluding hydrogens is 382 g/mol. The summed E-state index contributed by atoms with van der Waals surface area (Å²) < 4.78 is 0. The Hall–Kier alpha value is -3.21. The van der Waals surface area contributed by atoms with E-state index in [-0.39, 0.29) is 0 Å². The molecule has 0 saturated heterocycles. The number of guanidine groups is 3. The van der Waals surface area contributed by atoms with Crippen LogP contribution in [0, 0.1) is 0 Å². The quantitative estimate of drug-likeness (QED) is 0.510. The van der Waals surface area contributed by atoms with Crippen molar-refractivity contribution in [2.75, 3.05) is 75.8 Å². The molecule has 0 aromatic heterocycles. The predicted octanol–water partition coefficient (Wildman–Crippen LogP) is -0.221. The summed E-state index contributed by atoms with van der Waals surface area (Å²) >= 11 is 0. The summed E-state index contributed by atoms with van der Waals surface area (Å²) in [5.74, 6) is 2.03. The van der Waals surface area contributed by atoms with Gasteiger partial charge in [0, 0.05) is 63.4 Å². The van der Waals surface area contributed by atoms with Crippen molar-refractivity contribution in [3.8, 4) is 0 Å². The van der Waals surface area contributed by atoms with Gasteiger partial charge in [0.05, 0.1) is 5.69 Å². The van der Waals surface area contributed by atoms with Crippen molar-refractivity contribution in [3.63, 3.8) is 0 Å². The Balaban J connectivity index is 0.00000155. The minimum atomic E-state index is 0.625. The topological polar surface area (TPSA) is 113 Å². The molecule has 0 saturated carbocycles. The maximum Gasteiger partial charge on any atom is 0.226 e. The van der Waals surface area contributed by atoms with Crippen LogP contribution in [0.2, 0.25) is 0 Å². The number of anilines is 1. The van der Waals surface area contributed by atoms with Crippen LogP contribution >= 0.6 is 0 Å². The van der Waals surface area contributed by atoms with Gasteiger partial charge in [0.1, 0.15) is 27.8 Å². The standard InChI is InChI=1S/C18H28N10.CH5N/c1-19-10-11-13(22-16(20-11)25(2)3)15(24-18(27(6)7)28(8)9)14-12(10)21-17(23-14)26(4)5;1-2/h19H,1-9H3;2H2,1H3. The van der Waals surface area contributed by atoms with E-state index < -0.39 is 0 Å². The fourth-order valence-electron chi connectivity index (χ4n) is 3.01. The fourth-order valence-corrected chi connectivity index (χ4v) is 3.01. The Kier molecular flexibility index (Phi) is 6.98. The normalized spacial score (nSPS) is 12.8. The summed E-state index contributed by atoms with van der Waals surface area (Å²) in [6, 6.07) is 0. The fraction of sp³-hybridized carbons (Fsp3) is 0.526. The van der Waals surface area contributed by atoms with E-state index in [1.807, 2.05) is 83.0 Å². The number of nitrogens with zero attached hydrogens (tertiary/aromatic N) is 9. The Morgan fingerprint density at radius 3 is 1.63 bits per heavy atom. The third-order valence-corrected chi connectivity index (χ3v) is 4.28. The zero-order valence-electron chi connectivity index (χ0n) is 19.6. The molecule has 2 aliphatic rings. The zero-order chi connectivity index (χ0) is 22.7. The van der Waals surface area contributed by atoms with Crippen LogP contribution < -0.4 is 21.8 Å². The Morgan fingerprint density at radius 1 is 0.733 bits per heavy atom. The lowest BCUT2D eigenvalue weighted by Gasteiger charge is -2.22. The van der Waals surface area contributed by atoms with Gasteiger partial charge in [-0.15, -0.1) is 0 Å². The lowest BCUT2D eigenvalue weighted by atomic mass is 10.1. The highest BCUT2D eigenvalue weighted by molar-refractivity contribution is 5.97. The highest BCUT2D eigenvalue weighted by Gasteiger charge is 2.27. The summed E-state index contributed by atoms with van der Waals surface area (Å²) in [5, 5.41) is 4.67. The third kappa shape index (κ3) is 4.06. The minimum Gasteiger partial charge on any atom is -0.384 e. The molecule has 1 aromatic rings. The third-order valence-electron chi connectivity index (χ3n) is 4.28. The van der Waals surface area contributed by atoms with Crippen LogP contribution in [-0.2, 0) is 0 Å². The molecule has 2 aliphatic heterocycles. The van der Waals surface area contributed by atoms with Crippen LogP contribution in [0.5, 0.6) is 0 Å². The summed E-state index contributed by atoms with van der Waals surface area (Å²) in [6.45, 7) is 0. The van der Waals surface area contributed by atoms with Gasteiger partial charge in [-0.1, -0.05) is 0 Å². The van der Waals surface area contributed by atoms with E-state index in [1.54, 1.807) is 0 Å². The molecule has 0 unspecified atom stereocenters. The van der Waals surface area contributed by atoms with Crippen LogP contribution in [0.1, 0.15) is 0 Å². The number of rotatable bonds is 2. The highest BCUT2D eigenvalue weighted by Crippen LogP contribution is 2.33. The first-order valence-electron chi connectivity index (χ1n) is 9.54. The van der Waals surface area contributed by atoms with Gasteiger partial charge in [0.25, 0.3) is 0 Å². The van der Waals surface area contributed by atoms with Crippen LogP contribution in [0.15, 0.2) is 25.0 Å². The van der Waals surface area contributed by atoms with E-state index in [4.69, 9.17) is 25.0 Å². The molecule has 30 heavy (non-hydrogen) atoms. The first-order valence-corrected chi connectivity index (χ1v) is 9.54. The molecule has 11 heteroatoms. The van der Waals surface area contributed by atoms with E-state index in [0.29, 0.717) is 28.7 Å². The lowest BCUT2D eigenvalue weighted by Crippen LogP contribution is -2.35. The Bertz CT molecular complexity index is 998. The smallest absolute Gasteiger partial charge is 0.226 e. The van der Waals surface area contributed by atoms with Gasteiger partial charge in [0.2, 0.25) is 17.9 Å². The number of benzene rings is 1. The molecule has 0 atom stereocenters. The van der Waals surface area contributed by atoms with Gasteiger partial charge in [-0.25, -0.2) is 25.0 Å². The number of hydrogen-bond donors (Lipinski definition) is 2. The maximum atomic E-state index is 4.93. The van der Waals surface area contributed by atoms with Crippen molar-refractivity contribution in [2.45, 2.75) is 0 Å². The number of aliphatic imine (C=N–C) groups is 3. The summed E-state index contributed by atoms with van der Waals surface area (Å²) in [5.41, 5.74) is 7.41. The summed E-state index contributed by atoms with van der Waals surface area (Å²) in [4.78, 5) is 31.5. The Morgan fingerprint density at radius 2 is 1.20 bits per heavy atom. The second-order valence-corrected chi connectivity index (χ2v) is 7.40. The second-order valence-electron chi connectivity index (χ2n) is 7.40. The molecule has 0 bridgehead atoms. The van der Waals surface area contributed by atoms with Gasteiger partial charge in [0.15, 0.2) is 0 Å². The van der Waals surface area contributed by atoms with Crippen LogP contribution in [0.25, 0.3) is 0 Å². The van der Waals surface area contributed by atoms with E-state index in [2.05, 4.69) is 11.1 Å². The summed E-state index contributed by atoms with van der Waals surface area (Å²) in [7, 11) is 18.9. The van der Waals surface area contributed by atoms with Crippen molar-refractivity contribution in [1.29, 1.82) is 0 Å². The molecule has 0 amide bonds.